The van der Waals surface area contributed by atoms with Crippen molar-refractivity contribution in [2.45, 2.75) is 19.8 Å². The minimum atomic E-state index is -0.735. The van der Waals surface area contributed by atoms with E-state index >= 15 is 0 Å². The first-order valence-corrected chi connectivity index (χ1v) is 6.98. The third kappa shape index (κ3) is 3.28. The number of nitrogens with zero attached hydrogens (tertiary/aromatic N) is 1. The van der Waals surface area contributed by atoms with Gasteiger partial charge in [0.05, 0.1) is 21.4 Å². The van der Waals surface area contributed by atoms with Gasteiger partial charge in [0.15, 0.2) is 11.5 Å². The molecule has 0 aliphatic heterocycles. The molecule has 1 aromatic heterocycles. The van der Waals surface area contributed by atoms with Gasteiger partial charge in [0.25, 0.3) is 5.91 Å². The van der Waals surface area contributed by atoms with Crippen molar-refractivity contribution in [2.75, 3.05) is 11.1 Å². The first-order chi connectivity index (χ1) is 9.93. The Bertz CT molecular complexity index is 664. The molecule has 0 aliphatic carbocycles. The number of hydrogen-bond donors (Lipinski definition) is 3. The summed E-state index contributed by atoms with van der Waals surface area (Å²) in [6.07, 6.45) is 1.57. The molecule has 0 saturated heterocycles. The summed E-state index contributed by atoms with van der Waals surface area (Å²) in [4.78, 5) is 12.1. The Morgan fingerprint density at radius 1 is 1.43 bits per heavy atom. The van der Waals surface area contributed by atoms with Crippen molar-refractivity contribution in [3.8, 4) is 0 Å². The van der Waals surface area contributed by atoms with E-state index in [1.807, 2.05) is 6.92 Å². The predicted octanol–water partition coefficient (Wildman–Crippen LogP) is 3.64. The predicted molar refractivity (Wildman–Crippen MR) is 81.4 cm³/mol. The fraction of sp³-hybridized carbons (Fsp3) is 0.231. The van der Waals surface area contributed by atoms with Gasteiger partial charge in [0, 0.05) is 5.69 Å². The molecule has 0 aliphatic rings. The van der Waals surface area contributed by atoms with Crippen LogP contribution in [0.5, 0.6) is 0 Å². The fourth-order valence-electron chi connectivity index (χ4n) is 1.82. The van der Waals surface area contributed by atoms with Crippen molar-refractivity contribution in [3.63, 3.8) is 0 Å². The van der Waals surface area contributed by atoms with E-state index in [0.717, 1.165) is 6.42 Å². The van der Waals surface area contributed by atoms with E-state index in [1.165, 1.54) is 12.1 Å². The van der Waals surface area contributed by atoms with Crippen molar-refractivity contribution in [1.29, 1.82) is 0 Å². The number of aryl methyl sites for hydroxylation is 1. The molecule has 0 saturated carbocycles. The zero-order chi connectivity index (χ0) is 15.6. The van der Waals surface area contributed by atoms with Crippen LogP contribution < -0.4 is 11.1 Å². The van der Waals surface area contributed by atoms with E-state index in [1.54, 1.807) is 0 Å². The molecule has 2 aromatic rings. The summed E-state index contributed by atoms with van der Waals surface area (Å²) in [5.74, 6) is -1.26. The van der Waals surface area contributed by atoms with Crippen LogP contribution in [0.3, 0.4) is 0 Å². The van der Waals surface area contributed by atoms with Gasteiger partial charge in [-0.1, -0.05) is 36.5 Å². The van der Waals surface area contributed by atoms with Gasteiger partial charge in [-0.05, 0) is 18.6 Å². The second-order valence-electron chi connectivity index (χ2n) is 4.42. The maximum absolute atomic E-state index is 13.3. The molecule has 0 atom stereocenters. The molecule has 1 heterocycles. The van der Waals surface area contributed by atoms with Crippen molar-refractivity contribution in [3.05, 3.63) is 39.4 Å². The molecule has 2 rings (SSSR count). The number of hydrogen-bond acceptors (Lipinski definition) is 3. The lowest BCUT2D eigenvalue weighted by molar-refractivity contribution is 0.102. The summed E-state index contributed by atoms with van der Waals surface area (Å²) in [7, 11) is 0. The fourth-order valence-corrected chi connectivity index (χ4v) is 2.31. The maximum Gasteiger partial charge on any atom is 0.278 e. The zero-order valence-electron chi connectivity index (χ0n) is 11.1. The second-order valence-corrected chi connectivity index (χ2v) is 5.24. The molecular formula is C13H13Cl2FN4O. The molecular weight excluding hydrogens is 318 g/mol. The van der Waals surface area contributed by atoms with E-state index < -0.39 is 11.7 Å². The third-order valence-electron chi connectivity index (χ3n) is 2.84. The molecule has 4 N–H and O–H groups in total. The number of nitrogens with two attached hydrogens (primary N) is 1. The first kappa shape index (κ1) is 15.6. The summed E-state index contributed by atoms with van der Waals surface area (Å²) in [6, 6.07) is 2.52. The number of halogens is 3. The van der Waals surface area contributed by atoms with Crippen LogP contribution in [-0.4, -0.2) is 16.1 Å². The SMILES string of the molecule is CCCc1[nH]nc(C(=O)Nc2cc(Cl)c(F)c(Cl)c2)c1N. The molecule has 8 heteroatoms. The normalized spacial score (nSPS) is 10.7. The Balaban J connectivity index is 2.22. The summed E-state index contributed by atoms with van der Waals surface area (Å²) in [5.41, 5.74) is 7.21. The van der Waals surface area contributed by atoms with Gasteiger partial charge in [-0.2, -0.15) is 5.10 Å². The number of H-pyrrole nitrogens is 1. The molecule has 0 radical (unpaired) electrons. The molecule has 5 nitrogen and oxygen atoms in total. The molecule has 21 heavy (non-hydrogen) atoms. The zero-order valence-corrected chi connectivity index (χ0v) is 12.6. The van der Waals surface area contributed by atoms with E-state index in [0.29, 0.717) is 17.8 Å². The van der Waals surface area contributed by atoms with Gasteiger partial charge >= 0.3 is 0 Å². The quantitative estimate of drug-likeness (QED) is 0.748. The Kier molecular flexibility index (Phi) is 4.69. The van der Waals surface area contributed by atoms with Crippen LogP contribution in [0.2, 0.25) is 10.0 Å². The largest absolute Gasteiger partial charge is 0.395 e. The van der Waals surface area contributed by atoms with Gasteiger partial charge in [-0.15, -0.1) is 0 Å². The highest BCUT2D eigenvalue weighted by Crippen LogP contribution is 2.28. The van der Waals surface area contributed by atoms with E-state index in [2.05, 4.69) is 15.5 Å². The van der Waals surface area contributed by atoms with Gasteiger partial charge in [-0.3, -0.25) is 9.89 Å². The van der Waals surface area contributed by atoms with Gasteiger partial charge in [-0.25, -0.2) is 4.39 Å². The number of aromatic nitrogens is 2. The number of anilines is 2. The monoisotopic (exact) mass is 330 g/mol. The average molecular weight is 331 g/mol. The number of carbonyl (C=O) groups is 1. The van der Waals surface area contributed by atoms with Crippen LogP contribution in [0.4, 0.5) is 15.8 Å². The molecule has 1 amide bonds. The number of amides is 1. The first-order valence-electron chi connectivity index (χ1n) is 6.22. The number of nitrogen functional groups attached to an aromatic ring is 1. The van der Waals surface area contributed by atoms with Crippen LogP contribution in [-0.2, 0) is 6.42 Å². The second kappa shape index (κ2) is 6.32. The molecule has 0 bridgehead atoms. The van der Waals surface area contributed by atoms with Gasteiger partial charge in [0.2, 0.25) is 0 Å². The molecule has 0 fully saturated rings. The molecule has 0 spiro atoms. The van der Waals surface area contributed by atoms with E-state index in [-0.39, 0.29) is 21.4 Å². The summed E-state index contributed by atoms with van der Waals surface area (Å²) >= 11 is 11.3. The number of carbonyl (C=O) groups excluding carboxylic acids is 1. The maximum atomic E-state index is 13.3. The highest BCUT2D eigenvalue weighted by atomic mass is 35.5. The lowest BCUT2D eigenvalue weighted by atomic mass is 10.2. The van der Waals surface area contributed by atoms with Crippen LogP contribution in [0, 0.1) is 5.82 Å². The van der Waals surface area contributed by atoms with Gasteiger partial charge in [0.1, 0.15) is 0 Å². The molecule has 112 valence electrons. The smallest absolute Gasteiger partial charge is 0.278 e. The van der Waals surface area contributed by atoms with Crippen molar-refractivity contribution >= 4 is 40.5 Å². The van der Waals surface area contributed by atoms with E-state index in [4.69, 9.17) is 28.9 Å². The molecule has 1 aromatic carbocycles. The van der Waals surface area contributed by atoms with Crippen molar-refractivity contribution in [1.82, 2.24) is 10.2 Å². The van der Waals surface area contributed by atoms with Crippen LogP contribution in [0.1, 0.15) is 29.5 Å². The number of aromatic amines is 1. The van der Waals surface area contributed by atoms with Crippen LogP contribution in [0.15, 0.2) is 12.1 Å². The Morgan fingerprint density at radius 2 is 2.05 bits per heavy atom. The summed E-state index contributed by atoms with van der Waals surface area (Å²) in [6.45, 7) is 1.99. The highest BCUT2D eigenvalue weighted by molar-refractivity contribution is 6.35. The lowest BCUT2D eigenvalue weighted by Crippen LogP contribution is -2.14. The Labute approximate surface area is 130 Å². The average Bonchev–Trinajstić information content (AvgIpc) is 2.78. The van der Waals surface area contributed by atoms with E-state index in [9.17, 15) is 9.18 Å². The third-order valence-corrected chi connectivity index (χ3v) is 3.39. The highest BCUT2D eigenvalue weighted by Gasteiger charge is 2.18. The molecule has 0 unspecified atom stereocenters. The topological polar surface area (TPSA) is 83.8 Å². The minimum Gasteiger partial charge on any atom is -0.395 e. The lowest BCUT2D eigenvalue weighted by Gasteiger charge is -2.06. The summed E-state index contributed by atoms with van der Waals surface area (Å²) in [5, 5.41) is 8.78. The van der Waals surface area contributed by atoms with Crippen LogP contribution >= 0.6 is 23.2 Å². The Hall–Kier alpha value is -1.79. The standard InChI is InChI=1S/C13H13Cl2FN4O/c1-2-3-9-11(17)12(20-19-9)13(21)18-6-4-7(14)10(16)8(15)5-6/h4-5H,2-3,17H2,1H3,(H,18,21)(H,19,20). The number of benzene rings is 1. The minimum absolute atomic E-state index is 0.0787. The Morgan fingerprint density at radius 3 is 2.62 bits per heavy atom. The summed E-state index contributed by atoms with van der Waals surface area (Å²) < 4.78 is 13.3. The van der Waals surface area contributed by atoms with Crippen molar-refractivity contribution in [2.24, 2.45) is 0 Å². The number of nitrogens with one attached hydrogen (secondary N) is 2. The van der Waals surface area contributed by atoms with Crippen LogP contribution in [0.25, 0.3) is 0 Å². The van der Waals surface area contributed by atoms with Crippen molar-refractivity contribution < 1.29 is 9.18 Å². The number of rotatable bonds is 4. The van der Waals surface area contributed by atoms with Gasteiger partial charge < -0.3 is 11.1 Å².